The van der Waals surface area contributed by atoms with Gasteiger partial charge >= 0.3 is 0 Å². The second-order valence-electron chi connectivity index (χ2n) is 7.66. The van der Waals surface area contributed by atoms with Crippen LogP contribution >= 0.6 is 0 Å². The van der Waals surface area contributed by atoms with Crippen molar-refractivity contribution in [3.05, 3.63) is 93.9 Å². The molecule has 0 radical (unpaired) electrons. The quantitative estimate of drug-likeness (QED) is 0.504. The smallest absolute Gasteiger partial charge is 0.272 e. The Morgan fingerprint density at radius 2 is 1.84 bits per heavy atom. The minimum absolute atomic E-state index is 0.0179. The first-order chi connectivity index (χ1) is 15.6. The predicted octanol–water partition coefficient (Wildman–Crippen LogP) is 2.38. The molecule has 0 unspecified atom stereocenters. The molecule has 5 rings (SSSR count). The van der Waals surface area contributed by atoms with E-state index in [0.29, 0.717) is 36.5 Å². The second kappa shape index (κ2) is 8.18. The Labute approximate surface area is 182 Å². The minimum Gasteiger partial charge on any atom is -0.348 e. The number of halogens is 1. The van der Waals surface area contributed by atoms with Gasteiger partial charge in [-0.3, -0.25) is 9.59 Å². The van der Waals surface area contributed by atoms with E-state index >= 15 is 0 Å². The number of nitrogens with zero attached hydrogens (tertiary/aromatic N) is 4. The van der Waals surface area contributed by atoms with Crippen LogP contribution in [0.25, 0.3) is 10.8 Å². The zero-order valence-corrected chi connectivity index (χ0v) is 17.0. The Hall–Kier alpha value is -4.14. The molecule has 2 aromatic carbocycles. The molecular formula is C23H19FN6O2. The summed E-state index contributed by atoms with van der Waals surface area (Å²) in [4.78, 5) is 34.7. The van der Waals surface area contributed by atoms with Crippen LogP contribution in [0.2, 0.25) is 0 Å². The molecule has 2 aromatic heterocycles. The number of carbonyl (C=O) groups is 1. The largest absolute Gasteiger partial charge is 0.348 e. The zero-order valence-electron chi connectivity index (χ0n) is 17.0. The van der Waals surface area contributed by atoms with Crippen molar-refractivity contribution >= 4 is 22.6 Å². The van der Waals surface area contributed by atoms with Crippen molar-refractivity contribution in [2.75, 3.05) is 18.4 Å². The summed E-state index contributed by atoms with van der Waals surface area (Å²) >= 11 is 0. The highest BCUT2D eigenvalue weighted by Crippen LogP contribution is 2.21. The summed E-state index contributed by atoms with van der Waals surface area (Å²) in [5.41, 5.74) is 1.14. The topological polar surface area (TPSA) is 104 Å². The normalized spacial score (nSPS) is 13.7. The monoisotopic (exact) mass is 430 g/mol. The molecule has 0 bridgehead atoms. The summed E-state index contributed by atoms with van der Waals surface area (Å²) in [6.45, 7) is 0.875. The van der Waals surface area contributed by atoms with Crippen molar-refractivity contribution in [1.82, 2.24) is 25.1 Å². The summed E-state index contributed by atoms with van der Waals surface area (Å²) in [7, 11) is 0. The zero-order chi connectivity index (χ0) is 22.1. The van der Waals surface area contributed by atoms with Crippen LogP contribution in [0.4, 0.5) is 10.3 Å². The van der Waals surface area contributed by atoms with Crippen molar-refractivity contribution in [2.45, 2.75) is 12.5 Å². The molecule has 1 saturated heterocycles. The van der Waals surface area contributed by atoms with Gasteiger partial charge in [0.15, 0.2) is 0 Å². The van der Waals surface area contributed by atoms with E-state index in [1.807, 2.05) is 12.1 Å². The van der Waals surface area contributed by atoms with E-state index in [9.17, 15) is 14.0 Å². The lowest BCUT2D eigenvalue weighted by atomic mass is 10.0. The average molecular weight is 430 g/mol. The number of nitrogens with one attached hydrogen (secondary N) is 2. The number of H-pyrrole nitrogens is 1. The molecular weight excluding hydrogens is 411 g/mol. The maximum absolute atomic E-state index is 14.5. The number of likely N-dealkylation sites (tertiary alicyclic amines) is 1. The van der Waals surface area contributed by atoms with Gasteiger partial charge in [0.05, 0.1) is 22.7 Å². The third-order valence-electron chi connectivity index (χ3n) is 5.48. The molecule has 0 saturated carbocycles. The van der Waals surface area contributed by atoms with Crippen molar-refractivity contribution < 1.29 is 9.18 Å². The Kier molecular flexibility index (Phi) is 5.06. The van der Waals surface area contributed by atoms with Crippen LogP contribution in [0.3, 0.4) is 0 Å². The fourth-order valence-electron chi connectivity index (χ4n) is 3.81. The van der Waals surface area contributed by atoms with Gasteiger partial charge in [-0.2, -0.15) is 5.10 Å². The van der Waals surface area contributed by atoms with Gasteiger partial charge in [0.1, 0.15) is 5.82 Å². The van der Waals surface area contributed by atoms with Gasteiger partial charge in [-0.15, -0.1) is 0 Å². The lowest BCUT2D eigenvalue weighted by molar-refractivity contribution is 0.0619. The van der Waals surface area contributed by atoms with Gasteiger partial charge in [0.2, 0.25) is 5.95 Å². The number of amides is 1. The lowest BCUT2D eigenvalue weighted by Crippen LogP contribution is -2.57. The molecule has 32 heavy (non-hydrogen) atoms. The highest BCUT2D eigenvalue weighted by Gasteiger charge is 2.32. The lowest BCUT2D eigenvalue weighted by Gasteiger charge is -2.39. The number of hydrogen-bond acceptors (Lipinski definition) is 6. The van der Waals surface area contributed by atoms with E-state index in [4.69, 9.17) is 0 Å². The van der Waals surface area contributed by atoms with Crippen LogP contribution in [0, 0.1) is 5.82 Å². The first-order valence-corrected chi connectivity index (χ1v) is 10.2. The first-order valence-electron chi connectivity index (χ1n) is 10.2. The van der Waals surface area contributed by atoms with Crippen LogP contribution < -0.4 is 10.9 Å². The van der Waals surface area contributed by atoms with E-state index in [2.05, 4.69) is 25.5 Å². The van der Waals surface area contributed by atoms with Crippen molar-refractivity contribution in [1.29, 1.82) is 0 Å². The third-order valence-corrected chi connectivity index (χ3v) is 5.48. The maximum Gasteiger partial charge on any atom is 0.272 e. The number of hydrogen-bond donors (Lipinski definition) is 2. The van der Waals surface area contributed by atoms with Gasteiger partial charge in [-0.25, -0.2) is 19.5 Å². The minimum atomic E-state index is -0.569. The molecule has 4 aromatic rings. The standard InChI is InChI=1S/C23H19FN6O2/c24-19-7-6-14(11-20-16-4-1-2-5-17(16)21(31)29-28-20)10-18(19)22(32)30-12-15(13-30)27-23-25-8-3-9-26-23/h1-10,15H,11-13H2,(H,29,31)(H,25,26,27). The van der Waals surface area contributed by atoms with Crippen molar-refractivity contribution in [2.24, 2.45) is 0 Å². The summed E-state index contributed by atoms with van der Waals surface area (Å²) in [5, 5.41) is 11.1. The van der Waals surface area contributed by atoms with Gasteiger partial charge in [-0.1, -0.05) is 24.3 Å². The summed E-state index contributed by atoms with van der Waals surface area (Å²) < 4.78 is 14.5. The third kappa shape index (κ3) is 3.80. The van der Waals surface area contributed by atoms with Crippen LogP contribution in [-0.4, -0.2) is 50.1 Å². The Bertz CT molecular complexity index is 1350. The Morgan fingerprint density at radius 1 is 1.09 bits per heavy atom. The van der Waals surface area contributed by atoms with Crippen LogP contribution in [0.15, 0.2) is 65.7 Å². The number of aromatic amines is 1. The van der Waals surface area contributed by atoms with Crippen LogP contribution in [-0.2, 0) is 6.42 Å². The molecule has 9 heteroatoms. The molecule has 8 nitrogen and oxygen atoms in total. The number of rotatable bonds is 5. The number of benzene rings is 2. The molecule has 3 heterocycles. The fraction of sp³-hybridized carbons (Fsp3) is 0.174. The van der Waals surface area contributed by atoms with E-state index in [0.717, 1.165) is 10.9 Å². The van der Waals surface area contributed by atoms with E-state index < -0.39 is 5.82 Å². The van der Waals surface area contributed by atoms with E-state index in [1.54, 1.807) is 47.6 Å². The van der Waals surface area contributed by atoms with Gasteiger partial charge in [0, 0.05) is 37.3 Å². The number of anilines is 1. The fourth-order valence-corrected chi connectivity index (χ4v) is 3.81. The maximum atomic E-state index is 14.5. The second-order valence-corrected chi connectivity index (χ2v) is 7.66. The number of fused-ring (bicyclic) bond motifs is 1. The average Bonchev–Trinajstić information content (AvgIpc) is 2.79. The first kappa shape index (κ1) is 19.8. The molecule has 160 valence electrons. The number of carbonyl (C=O) groups excluding carboxylic acids is 1. The Morgan fingerprint density at radius 3 is 2.62 bits per heavy atom. The van der Waals surface area contributed by atoms with Gasteiger partial charge < -0.3 is 10.2 Å². The van der Waals surface area contributed by atoms with Crippen molar-refractivity contribution in [3.63, 3.8) is 0 Å². The SMILES string of the molecule is O=C(c1cc(Cc2n[nH]c(=O)c3ccccc23)ccc1F)N1CC(Nc2ncccn2)C1. The van der Waals surface area contributed by atoms with Gasteiger partial charge in [-0.05, 0) is 29.8 Å². The summed E-state index contributed by atoms with van der Waals surface area (Å²) in [6, 6.07) is 13.4. The van der Waals surface area contributed by atoms with Crippen LogP contribution in [0.1, 0.15) is 21.6 Å². The number of aromatic nitrogens is 4. The highest BCUT2D eigenvalue weighted by atomic mass is 19.1. The molecule has 1 fully saturated rings. The highest BCUT2D eigenvalue weighted by molar-refractivity contribution is 5.95. The van der Waals surface area contributed by atoms with E-state index in [1.165, 1.54) is 6.07 Å². The molecule has 1 amide bonds. The molecule has 0 atom stereocenters. The molecule has 0 spiro atoms. The molecule has 1 aliphatic heterocycles. The van der Waals surface area contributed by atoms with Crippen LogP contribution in [0.5, 0.6) is 0 Å². The van der Waals surface area contributed by atoms with Gasteiger partial charge in [0.25, 0.3) is 11.5 Å². The summed E-state index contributed by atoms with van der Waals surface area (Å²) in [6.07, 6.45) is 3.63. The summed E-state index contributed by atoms with van der Waals surface area (Å²) in [5.74, 6) is -0.435. The molecule has 0 aliphatic carbocycles. The Balaban J connectivity index is 1.32. The van der Waals surface area contributed by atoms with E-state index in [-0.39, 0.29) is 23.1 Å². The molecule has 1 aliphatic rings. The predicted molar refractivity (Wildman–Crippen MR) is 117 cm³/mol. The molecule has 2 N–H and O–H groups in total. The van der Waals surface area contributed by atoms with Crippen molar-refractivity contribution in [3.8, 4) is 0 Å².